The molecule has 1 saturated heterocycles. The fourth-order valence-electron chi connectivity index (χ4n) is 2.84. The van der Waals surface area contributed by atoms with Gasteiger partial charge >= 0.3 is 6.09 Å². The summed E-state index contributed by atoms with van der Waals surface area (Å²) in [6, 6.07) is 8.67. The second-order valence-corrected chi connectivity index (χ2v) is 8.46. The van der Waals surface area contributed by atoms with Gasteiger partial charge in [-0.3, -0.25) is 0 Å². The third kappa shape index (κ3) is 7.28. The molecule has 1 aliphatic rings. The smallest absolute Gasteiger partial charge is 0.410 e. The van der Waals surface area contributed by atoms with Crippen LogP contribution in [0.3, 0.4) is 0 Å². The van der Waals surface area contributed by atoms with Gasteiger partial charge in [0.05, 0.1) is 6.61 Å². The van der Waals surface area contributed by atoms with Gasteiger partial charge in [-0.1, -0.05) is 12.1 Å². The van der Waals surface area contributed by atoms with Crippen molar-refractivity contribution < 1.29 is 14.3 Å². The number of likely N-dealkylation sites (tertiary alicyclic amines) is 1. The van der Waals surface area contributed by atoms with Gasteiger partial charge in [-0.25, -0.2) is 4.79 Å². The molecule has 1 amide bonds. The lowest BCUT2D eigenvalue weighted by atomic mass is 9.98. The van der Waals surface area contributed by atoms with Gasteiger partial charge in [-0.15, -0.1) is 11.8 Å². The topological polar surface area (TPSA) is 38.8 Å². The normalized spacial score (nSPS) is 16.1. The van der Waals surface area contributed by atoms with Gasteiger partial charge in [0.2, 0.25) is 0 Å². The quantitative estimate of drug-likeness (QED) is 0.545. The fraction of sp³-hybridized carbons (Fsp3) is 0.650. The molecular weight excluding hydrogens is 334 g/mol. The summed E-state index contributed by atoms with van der Waals surface area (Å²) >= 11 is 1.76. The van der Waals surface area contributed by atoms with Crippen molar-refractivity contribution in [3.8, 4) is 0 Å². The van der Waals surface area contributed by atoms with E-state index < -0.39 is 5.60 Å². The van der Waals surface area contributed by atoms with Crippen molar-refractivity contribution in [3.63, 3.8) is 0 Å². The zero-order valence-corrected chi connectivity index (χ0v) is 16.7. The molecule has 0 aliphatic carbocycles. The van der Waals surface area contributed by atoms with Crippen molar-refractivity contribution in [1.29, 1.82) is 0 Å². The number of nitrogens with zero attached hydrogens (tertiary/aromatic N) is 1. The van der Waals surface area contributed by atoms with Gasteiger partial charge in [-0.2, -0.15) is 0 Å². The molecule has 1 fully saturated rings. The summed E-state index contributed by atoms with van der Waals surface area (Å²) in [5.41, 5.74) is 0.892. The Morgan fingerprint density at radius 1 is 1.20 bits per heavy atom. The minimum absolute atomic E-state index is 0.194. The number of ether oxygens (including phenoxy) is 2. The molecule has 0 spiro atoms. The first-order valence-electron chi connectivity index (χ1n) is 9.06. The highest BCUT2D eigenvalue weighted by molar-refractivity contribution is 7.98. The molecule has 0 atom stereocenters. The molecule has 25 heavy (non-hydrogen) atoms. The average Bonchev–Trinajstić information content (AvgIpc) is 2.58. The molecule has 1 aliphatic heterocycles. The van der Waals surface area contributed by atoms with Crippen LogP contribution in [0, 0.1) is 5.92 Å². The van der Waals surface area contributed by atoms with E-state index in [9.17, 15) is 4.79 Å². The molecule has 0 unspecified atom stereocenters. The lowest BCUT2D eigenvalue weighted by Crippen LogP contribution is -2.42. The summed E-state index contributed by atoms with van der Waals surface area (Å²) < 4.78 is 11.3. The van der Waals surface area contributed by atoms with Crippen LogP contribution in [-0.2, 0) is 15.9 Å². The Bertz CT molecular complexity index is 531. The molecule has 2 rings (SSSR count). The average molecular weight is 366 g/mol. The van der Waals surface area contributed by atoms with E-state index in [0.29, 0.717) is 5.92 Å². The number of carbonyl (C=O) groups is 1. The van der Waals surface area contributed by atoms with Crippen molar-refractivity contribution in [1.82, 2.24) is 4.90 Å². The van der Waals surface area contributed by atoms with Crippen LogP contribution in [0.4, 0.5) is 4.79 Å². The van der Waals surface area contributed by atoms with E-state index in [1.807, 2.05) is 25.7 Å². The Morgan fingerprint density at radius 2 is 1.84 bits per heavy atom. The number of hydrogen-bond donors (Lipinski definition) is 0. The van der Waals surface area contributed by atoms with E-state index in [1.165, 1.54) is 10.5 Å². The first-order valence-corrected chi connectivity index (χ1v) is 10.3. The van der Waals surface area contributed by atoms with E-state index in [2.05, 4.69) is 30.5 Å². The Kier molecular flexibility index (Phi) is 7.63. The molecular formula is C20H31NO3S. The number of carbonyl (C=O) groups excluding carboxylic acids is 1. The first-order chi connectivity index (χ1) is 11.9. The Labute approximate surface area is 156 Å². The summed E-state index contributed by atoms with van der Waals surface area (Å²) in [6.07, 6.45) is 4.82. The van der Waals surface area contributed by atoms with E-state index in [-0.39, 0.29) is 6.09 Å². The van der Waals surface area contributed by atoms with Gasteiger partial charge in [0.25, 0.3) is 0 Å². The van der Waals surface area contributed by atoms with Crippen LogP contribution in [0.15, 0.2) is 29.2 Å². The standard InChI is InChI=1S/C20H31NO3S/c1-20(2,3)24-19(22)21-12-9-17(10-13-21)15-23-14-11-16-5-7-18(25-4)8-6-16/h5-8,17H,9-15H2,1-4H3. The van der Waals surface area contributed by atoms with Crippen LogP contribution in [-0.4, -0.2) is 49.2 Å². The molecule has 1 aromatic carbocycles. The Balaban J connectivity index is 1.61. The third-order valence-electron chi connectivity index (χ3n) is 4.31. The number of rotatable bonds is 6. The monoisotopic (exact) mass is 365 g/mol. The molecule has 4 nitrogen and oxygen atoms in total. The van der Waals surface area contributed by atoms with E-state index in [0.717, 1.165) is 45.6 Å². The highest BCUT2D eigenvalue weighted by atomic mass is 32.2. The summed E-state index contributed by atoms with van der Waals surface area (Å²) in [7, 11) is 0. The highest BCUT2D eigenvalue weighted by Crippen LogP contribution is 2.20. The highest BCUT2D eigenvalue weighted by Gasteiger charge is 2.26. The van der Waals surface area contributed by atoms with Crippen LogP contribution < -0.4 is 0 Å². The molecule has 0 saturated carbocycles. The summed E-state index contributed by atoms with van der Waals surface area (Å²) in [6.45, 7) is 8.77. The largest absolute Gasteiger partial charge is 0.444 e. The summed E-state index contributed by atoms with van der Waals surface area (Å²) in [4.78, 5) is 15.2. The lowest BCUT2D eigenvalue weighted by Gasteiger charge is -2.33. The Morgan fingerprint density at radius 3 is 2.40 bits per heavy atom. The number of piperidine rings is 1. The predicted octanol–water partition coefficient (Wildman–Crippen LogP) is 4.61. The van der Waals surface area contributed by atoms with Gasteiger partial charge in [0.1, 0.15) is 5.60 Å². The van der Waals surface area contributed by atoms with E-state index >= 15 is 0 Å². The van der Waals surface area contributed by atoms with Gasteiger partial charge in [0.15, 0.2) is 0 Å². The molecule has 140 valence electrons. The third-order valence-corrected chi connectivity index (χ3v) is 5.06. The fourth-order valence-corrected chi connectivity index (χ4v) is 3.25. The molecule has 0 bridgehead atoms. The minimum atomic E-state index is -0.426. The molecule has 1 aromatic rings. The molecule has 1 heterocycles. The van der Waals surface area contributed by atoms with E-state index in [4.69, 9.17) is 9.47 Å². The van der Waals surface area contributed by atoms with Gasteiger partial charge < -0.3 is 14.4 Å². The number of thioether (sulfide) groups is 1. The maximum Gasteiger partial charge on any atom is 0.410 e. The number of hydrogen-bond acceptors (Lipinski definition) is 4. The number of amides is 1. The summed E-state index contributed by atoms with van der Waals surface area (Å²) in [5.74, 6) is 0.539. The van der Waals surface area contributed by atoms with Crippen LogP contribution in [0.25, 0.3) is 0 Å². The van der Waals surface area contributed by atoms with Crippen molar-refractivity contribution in [2.24, 2.45) is 5.92 Å². The SMILES string of the molecule is CSc1ccc(CCOCC2CCN(C(=O)OC(C)(C)C)CC2)cc1. The second-order valence-electron chi connectivity index (χ2n) is 7.58. The van der Waals surface area contributed by atoms with Crippen molar-refractivity contribution in [2.45, 2.75) is 50.5 Å². The van der Waals surface area contributed by atoms with Crippen molar-refractivity contribution >= 4 is 17.9 Å². The molecule has 0 aromatic heterocycles. The van der Waals surface area contributed by atoms with Gasteiger partial charge in [0, 0.05) is 24.6 Å². The van der Waals surface area contributed by atoms with Crippen LogP contribution in [0.2, 0.25) is 0 Å². The maximum absolute atomic E-state index is 12.1. The van der Waals surface area contributed by atoms with Crippen molar-refractivity contribution in [3.05, 3.63) is 29.8 Å². The molecule has 5 heteroatoms. The lowest BCUT2D eigenvalue weighted by molar-refractivity contribution is 0.0119. The van der Waals surface area contributed by atoms with Crippen LogP contribution in [0.1, 0.15) is 39.2 Å². The summed E-state index contributed by atoms with van der Waals surface area (Å²) in [5, 5.41) is 0. The first kappa shape index (κ1) is 20.1. The van der Waals surface area contributed by atoms with Crippen LogP contribution >= 0.6 is 11.8 Å². The predicted molar refractivity (Wildman–Crippen MR) is 103 cm³/mol. The van der Waals surface area contributed by atoms with E-state index in [1.54, 1.807) is 11.8 Å². The molecule has 0 N–H and O–H groups in total. The maximum atomic E-state index is 12.1. The van der Waals surface area contributed by atoms with Crippen molar-refractivity contribution in [2.75, 3.05) is 32.6 Å². The molecule has 0 radical (unpaired) electrons. The number of benzene rings is 1. The second kappa shape index (κ2) is 9.48. The van der Waals surface area contributed by atoms with Gasteiger partial charge in [-0.05, 0) is 69.9 Å². The minimum Gasteiger partial charge on any atom is -0.444 e. The Hall–Kier alpha value is -1.20. The van der Waals surface area contributed by atoms with Crippen LogP contribution in [0.5, 0.6) is 0 Å². The zero-order chi connectivity index (χ0) is 18.3. The zero-order valence-electron chi connectivity index (χ0n) is 15.9.